The standard InChI is InChI=1S/C27H26Cl2N4O2S/c1-2-3-15-35-22-12-9-20(10-13-22)26(34)30-17-25-31-32-27(36-18-19-7-5-4-6-8-19)33(25)24-16-21(28)11-14-23(24)29/h4-14,16H,2-3,15,17-18H2,1H3,(H,30,34). The predicted molar refractivity (Wildman–Crippen MR) is 145 cm³/mol. The molecular weight excluding hydrogens is 515 g/mol. The van der Waals surface area contributed by atoms with Crippen molar-refractivity contribution < 1.29 is 9.53 Å². The molecule has 186 valence electrons. The highest BCUT2D eigenvalue weighted by molar-refractivity contribution is 7.98. The molecule has 9 heteroatoms. The molecule has 0 aliphatic carbocycles. The second-order valence-corrected chi connectivity index (χ2v) is 9.80. The Morgan fingerprint density at radius 2 is 1.81 bits per heavy atom. The third kappa shape index (κ3) is 6.81. The van der Waals surface area contributed by atoms with Crippen LogP contribution in [0.3, 0.4) is 0 Å². The summed E-state index contributed by atoms with van der Waals surface area (Å²) in [5, 5.41) is 13.4. The highest BCUT2D eigenvalue weighted by Gasteiger charge is 2.18. The molecule has 0 bridgehead atoms. The number of unbranched alkanes of at least 4 members (excludes halogenated alkanes) is 1. The van der Waals surface area contributed by atoms with Crippen molar-refractivity contribution in [3.05, 3.63) is 99.8 Å². The summed E-state index contributed by atoms with van der Waals surface area (Å²) in [6, 6.07) is 22.4. The third-order valence-electron chi connectivity index (χ3n) is 5.35. The molecule has 0 unspecified atom stereocenters. The first-order valence-electron chi connectivity index (χ1n) is 11.6. The summed E-state index contributed by atoms with van der Waals surface area (Å²) in [4.78, 5) is 12.8. The molecule has 0 radical (unpaired) electrons. The molecule has 1 N–H and O–H groups in total. The molecule has 1 aromatic heterocycles. The van der Waals surface area contributed by atoms with Gasteiger partial charge in [-0.1, -0.05) is 78.6 Å². The first-order chi connectivity index (χ1) is 17.5. The zero-order valence-electron chi connectivity index (χ0n) is 19.8. The zero-order valence-corrected chi connectivity index (χ0v) is 22.1. The van der Waals surface area contributed by atoms with Gasteiger partial charge in [-0.2, -0.15) is 0 Å². The Morgan fingerprint density at radius 1 is 1.03 bits per heavy atom. The lowest BCUT2D eigenvalue weighted by molar-refractivity contribution is 0.0949. The molecule has 1 amide bonds. The number of nitrogens with one attached hydrogen (secondary N) is 1. The van der Waals surface area contributed by atoms with E-state index in [0.717, 1.165) is 24.2 Å². The summed E-state index contributed by atoms with van der Waals surface area (Å²) in [6.45, 7) is 2.94. The molecule has 4 aromatic rings. The van der Waals surface area contributed by atoms with Crippen molar-refractivity contribution in [2.24, 2.45) is 0 Å². The van der Waals surface area contributed by atoms with Gasteiger partial charge >= 0.3 is 0 Å². The number of nitrogens with zero attached hydrogens (tertiary/aromatic N) is 3. The molecule has 0 atom stereocenters. The van der Waals surface area contributed by atoms with Crippen molar-refractivity contribution in [3.63, 3.8) is 0 Å². The maximum absolute atomic E-state index is 12.8. The van der Waals surface area contributed by atoms with Crippen molar-refractivity contribution in [2.45, 2.75) is 37.2 Å². The molecule has 1 heterocycles. The molecule has 0 spiro atoms. The quantitative estimate of drug-likeness (QED) is 0.164. The van der Waals surface area contributed by atoms with Gasteiger partial charge in [-0.25, -0.2) is 0 Å². The van der Waals surface area contributed by atoms with Gasteiger partial charge in [0.1, 0.15) is 5.75 Å². The summed E-state index contributed by atoms with van der Waals surface area (Å²) in [5.41, 5.74) is 2.34. The van der Waals surface area contributed by atoms with Crippen LogP contribution in [0.5, 0.6) is 5.75 Å². The van der Waals surface area contributed by atoms with Crippen LogP contribution in [0.2, 0.25) is 10.0 Å². The molecule has 0 saturated carbocycles. The lowest BCUT2D eigenvalue weighted by Gasteiger charge is -2.13. The number of thioether (sulfide) groups is 1. The minimum atomic E-state index is -0.222. The normalized spacial score (nSPS) is 10.9. The molecule has 6 nitrogen and oxygen atoms in total. The van der Waals surface area contributed by atoms with Gasteiger partial charge < -0.3 is 10.1 Å². The minimum Gasteiger partial charge on any atom is -0.494 e. The van der Waals surface area contributed by atoms with Crippen molar-refractivity contribution in [3.8, 4) is 11.4 Å². The van der Waals surface area contributed by atoms with Gasteiger partial charge in [-0.15, -0.1) is 10.2 Å². The summed E-state index contributed by atoms with van der Waals surface area (Å²) < 4.78 is 7.51. The van der Waals surface area contributed by atoms with E-state index in [1.54, 1.807) is 42.5 Å². The number of carbonyl (C=O) groups excluding carboxylic acids is 1. The molecule has 3 aromatic carbocycles. The van der Waals surface area contributed by atoms with Crippen LogP contribution in [0.4, 0.5) is 0 Å². The second-order valence-electron chi connectivity index (χ2n) is 8.01. The van der Waals surface area contributed by atoms with Crippen LogP contribution in [0, 0.1) is 0 Å². The Labute approximate surface area is 225 Å². The molecule has 0 fully saturated rings. The summed E-state index contributed by atoms with van der Waals surface area (Å²) in [5.74, 6) is 1.77. The fraction of sp³-hybridized carbons (Fsp3) is 0.222. The van der Waals surface area contributed by atoms with E-state index in [-0.39, 0.29) is 12.5 Å². The predicted octanol–water partition coefficient (Wildman–Crippen LogP) is 6.98. The van der Waals surface area contributed by atoms with Gasteiger partial charge in [0.05, 0.1) is 23.9 Å². The van der Waals surface area contributed by atoms with E-state index >= 15 is 0 Å². The number of hydrogen-bond acceptors (Lipinski definition) is 5. The van der Waals surface area contributed by atoms with Crippen LogP contribution < -0.4 is 10.1 Å². The number of aromatic nitrogens is 3. The van der Waals surface area contributed by atoms with E-state index in [2.05, 4.69) is 34.6 Å². The van der Waals surface area contributed by atoms with Crippen LogP contribution in [0.15, 0.2) is 78.0 Å². The monoisotopic (exact) mass is 540 g/mol. The SMILES string of the molecule is CCCCOc1ccc(C(=O)NCc2nnc(SCc3ccccc3)n2-c2cc(Cl)ccc2Cl)cc1. The number of ether oxygens (including phenoxy) is 1. The van der Waals surface area contributed by atoms with Crippen molar-refractivity contribution >= 4 is 40.9 Å². The Kier molecular flexibility index (Phi) is 9.28. The van der Waals surface area contributed by atoms with E-state index in [4.69, 9.17) is 27.9 Å². The average molecular weight is 542 g/mol. The first kappa shape index (κ1) is 26.1. The van der Waals surface area contributed by atoms with E-state index in [1.165, 1.54) is 11.8 Å². The Morgan fingerprint density at radius 3 is 2.56 bits per heavy atom. The van der Waals surface area contributed by atoms with Crippen LogP contribution in [-0.4, -0.2) is 27.3 Å². The molecule has 4 rings (SSSR count). The average Bonchev–Trinajstić information content (AvgIpc) is 3.31. The summed E-state index contributed by atoms with van der Waals surface area (Å²) in [7, 11) is 0. The maximum Gasteiger partial charge on any atom is 0.251 e. The van der Waals surface area contributed by atoms with E-state index in [0.29, 0.717) is 44.6 Å². The van der Waals surface area contributed by atoms with Crippen molar-refractivity contribution in [2.75, 3.05) is 6.61 Å². The van der Waals surface area contributed by atoms with E-state index < -0.39 is 0 Å². The topological polar surface area (TPSA) is 69.0 Å². The summed E-state index contributed by atoms with van der Waals surface area (Å²) >= 11 is 14.3. The van der Waals surface area contributed by atoms with Gasteiger partial charge in [0.25, 0.3) is 5.91 Å². The van der Waals surface area contributed by atoms with Gasteiger partial charge in [0.15, 0.2) is 11.0 Å². The number of carbonyl (C=O) groups is 1. The number of halogens is 2. The van der Waals surface area contributed by atoms with E-state index in [1.807, 2.05) is 22.8 Å². The molecule has 0 aliphatic rings. The smallest absolute Gasteiger partial charge is 0.251 e. The van der Waals surface area contributed by atoms with Gasteiger partial charge in [0, 0.05) is 16.3 Å². The second kappa shape index (κ2) is 12.8. The molecular formula is C27H26Cl2N4O2S. The lowest BCUT2D eigenvalue weighted by atomic mass is 10.2. The number of rotatable bonds is 11. The van der Waals surface area contributed by atoms with E-state index in [9.17, 15) is 4.79 Å². The zero-order chi connectivity index (χ0) is 25.3. The van der Waals surface area contributed by atoms with Crippen LogP contribution in [0.25, 0.3) is 5.69 Å². The Balaban J connectivity index is 1.51. The highest BCUT2D eigenvalue weighted by atomic mass is 35.5. The Bertz CT molecular complexity index is 1300. The fourth-order valence-electron chi connectivity index (χ4n) is 3.43. The molecule has 0 aliphatic heterocycles. The number of hydrogen-bond donors (Lipinski definition) is 1. The van der Waals surface area contributed by atoms with Crippen LogP contribution in [-0.2, 0) is 12.3 Å². The van der Waals surface area contributed by atoms with Crippen LogP contribution >= 0.6 is 35.0 Å². The van der Waals surface area contributed by atoms with Crippen molar-refractivity contribution in [1.29, 1.82) is 0 Å². The first-order valence-corrected chi connectivity index (χ1v) is 13.4. The lowest BCUT2D eigenvalue weighted by Crippen LogP contribution is -2.24. The van der Waals surface area contributed by atoms with Gasteiger partial charge in [0.2, 0.25) is 0 Å². The van der Waals surface area contributed by atoms with Crippen molar-refractivity contribution in [1.82, 2.24) is 20.1 Å². The molecule has 0 saturated heterocycles. The molecule has 36 heavy (non-hydrogen) atoms. The minimum absolute atomic E-state index is 0.162. The summed E-state index contributed by atoms with van der Waals surface area (Å²) in [6.07, 6.45) is 2.06. The third-order valence-corrected chi connectivity index (χ3v) is 6.91. The number of benzene rings is 3. The van der Waals surface area contributed by atoms with Crippen LogP contribution in [0.1, 0.15) is 41.5 Å². The fourth-order valence-corrected chi connectivity index (χ4v) is 4.72. The maximum atomic E-state index is 12.8. The number of amides is 1. The van der Waals surface area contributed by atoms with Gasteiger partial charge in [-0.05, 0) is 54.4 Å². The Hall–Kier alpha value is -3.00. The van der Waals surface area contributed by atoms with Gasteiger partial charge in [-0.3, -0.25) is 9.36 Å². The largest absolute Gasteiger partial charge is 0.494 e. The highest BCUT2D eigenvalue weighted by Crippen LogP contribution is 2.31.